The number of hydrogen-bond acceptors (Lipinski definition) is 4. The van der Waals surface area contributed by atoms with Gasteiger partial charge in [-0.05, 0) is 35.8 Å². The number of nitro benzene ring substituents is 1. The average molecular weight is 319 g/mol. The van der Waals surface area contributed by atoms with Crippen LogP contribution in [0.1, 0.15) is 17.8 Å². The first kappa shape index (κ1) is 14.3. The number of nitro groups is 1. The van der Waals surface area contributed by atoms with E-state index in [0.29, 0.717) is 29.7 Å². The Bertz CT molecular complexity index is 1070. The van der Waals surface area contributed by atoms with E-state index in [-0.39, 0.29) is 11.2 Å². The molecular weight excluding hydrogens is 306 g/mol. The first-order chi connectivity index (χ1) is 11.6. The van der Waals surface area contributed by atoms with Gasteiger partial charge in [0.2, 0.25) is 0 Å². The molecule has 1 aliphatic heterocycles. The first-order valence-corrected chi connectivity index (χ1v) is 7.58. The molecule has 1 aromatic heterocycles. The standard InChI is InChI=1S/C18H13N3O3/c22-18-15-6-1-2-7-16(15)19-17-13(8-9-20(17)18)10-12-4-3-5-14(11-12)21(23)24/h1-7,10-11H,8-9H2/b13-10-. The van der Waals surface area contributed by atoms with Crippen LogP contribution in [0.15, 0.2) is 53.3 Å². The SMILES string of the molecule is O=c1c2ccccc2nc2n1CC/C2=C/c1cccc([N+](=O)[O-])c1. The lowest BCUT2D eigenvalue weighted by atomic mass is 10.1. The van der Waals surface area contributed by atoms with E-state index in [1.807, 2.05) is 30.3 Å². The van der Waals surface area contributed by atoms with E-state index in [1.165, 1.54) is 12.1 Å². The summed E-state index contributed by atoms with van der Waals surface area (Å²) in [6.07, 6.45) is 2.55. The van der Waals surface area contributed by atoms with Gasteiger partial charge in [0.15, 0.2) is 0 Å². The van der Waals surface area contributed by atoms with Crippen LogP contribution >= 0.6 is 0 Å². The molecular formula is C18H13N3O3. The minimum Gasteiger partial charge on any atom is -0.292 e. The number of aromatic nitrogens is 2. The molecule has 0 atom stereocenters. The monoisotopic (exact) mass is 319 g/mol. The quantitative estimate of drug-likeness (QED) is 0.536. The third-order valence-electron chi connectivity index (χ3n) is 4.18. The molecule has 0 saturated heterocycles. The van der Waals surface area contributed by atoms with Crippen molar-refractivity contribution < 1.29 is 4.92 Å². The van der Waals surface area contributed by atoms with E-state index in [4.69, 9.17) is 0 Å². The molecule has 24 heavy (non-hydrogen) atoms. The molecule has 0 amide bonds. The predicted molar refractivity (Wildman–Crippen MR) is 91.6 cm³/mol. The van der Waals surface area contributed by atoms with Crippen molar-refractivity contribution in [1.29, 1.82) is 0 Å². The summed E-state index contributed by atoms with van der Waals surface area (Å²) in [5, 5.41) is 11.5. The molecule has 6 nitrogen and oxygen atoms in total. The zero-order valence-electron chi connectivity index (χ0n) is 12.7. The van der Waals surface area contributed by atoms with Crippen LogP contribution in [0.3, 0.4) is 0 Å². The normalized spacial score (nSPS) is 14.9. The van der Waals surface area contributed by atoms with Gasteiger partial charge >= 0.3 is 0 Å². The third kappa shape index (κ3) is 2.28. The lowest BCUT2D eigenvalue weighted by molar-refractivity contribution is -0.384. The number of para-hydroxylation sites is 1. The predicted octanol–water partition coefficient (Wildman–Crippen LogP) is 3.25. The van der Waals surface area contributed by atoms with Gasteiger partial charge in [0.25, 0.3) is 11.2 Å². The van der Waals surface area contributed by atoms with Crippen LogP contribution in [-0.4, -0.2) is 14.5 Å². The van der Waals surface area contributed by atoms with Crippen molar-refractivity contribution in [1.82, 2.24) is 9.55 Å². The maximum absolute atomic E-state index is 12.6. The van der Waals surface area contributed by atoms with E-state index in [2.05, 4.69) is 4.98 Å². The highest BCUT2D eigenvalue weighted by molar-refractivity contribution is 5.84. The molecule has 0 saturated carbocycles. The van der Waals surface area contributed by atoms with Crippen LogP contribution in [-0.2, 0) is 6.54 Å². The van der Waals surface area contributed by atoms with E-state index >= 15 is 0 Å². The molecule has 1 aliphatic rings. The lowest BCUT2D eigenvalue weighted by Gasteiger charge is -2.05. The van der Waals surface area contributed by atoms with Gasteiger partial charge in [-0.25, -0.2) is 4.98 Å². The number of fused-ring (bicyclic) bond motifs is 2. The van der Waals surface area contributed by atoms with Crippen LogP contribution in [0.5, 0.6) is 0 Å². The molecule has 6 heteroatoms. The molecule has 2 heterocycles. The molecule has 118 valence electrons. The van der Waals surface area contributed by atoms with Crippen LogP contribution in [0.2, 0.25) is 0 Å². The minimum absolute atomic E-state index is 0.0435. The molecule has 0 bridgehead atoms. The number of hydrogen-bond donors (Lipinski definition) is 0. The van der Waals surface area contributed by atoms with Crippen molar-refractivity contribution in [2.24, 2.45) is 0 Å². The van der Waals surface area contributed by atoms with E-state index < -0.39 is 4.92 Å². The van der Waals surface area contributed by atoms with Crippen molar-refractivity contribution in [3.63, 3.8) is 0 Å². The number of rotatable bonds is 2. The maximum atomic E-state index is 12.6. The Morgan fingerprint density at radius 1 is 1.17 bits per heavy atom. The third-order valence-corrected chi connectivity index (χ3v) is 4.18. The number of nitrogens with zero attached hydrogens (tertiary/aromatic N) is 3. The summed E-state index contributed by atoms with van der Waals surface area (Å²) in [5.41, 5.74) is 2.32. The fraction of sp³-hybridized carbons (Fsp3) is 0.111. The molecule has 4 rings (SSSR count). The number of allylic oxidation sites excluding steroid dienone is 1. The summed E-state index contributed by atoms with van der Waals surface area (Å²) in [6.45, 7) is 0.576. The molecule has 0 unspecified atom stereocenters. The fourth-order valence-electron chi connectivity index (χ4n) is 3.03. The summed E-state index contributed by atoms with van der Waals surface area (Å²) in [7, 11) is 0. The van der Waals surface area contributed by atoms with Crippen LogP contribution in [0.4, 0.5) is 5.69 Å². The Labute approximate surface area is 136 Å². The summed E-state index contributed by atoms with van der Waals surface area (Å²) in [5.74, 6) is 0.644. The molecule has 0 N–H and O–H groups in total. The molecule has 0 fully saturated rings. The van der Waals surface area contributed by atoms with Gasteiger partial charge in [0.05, 0.1) is 15.8 Å². The smallest absolute Gasteiger partial charge is 0.270 e. The van der Waals surface area contributed by atoms with Crippen molar-refractivity contribution in [3.8, 4) is 0 Å². The van der Waals surface area contributed by atoms with Gasteiger partial charge in [-0.2, -0.15) is 0 Å². The highest BCUT2D eigenvalue weighted by Crippen LogP contribution is 2.28. The van der Waals surface area contributed by atoms with Gasteiger partial charge < -0.3 is 0 Å². The van der Waals surface area contributed by atoms with Crippen molar-refractivity contribution in [2.75, 3.05) is 0 Å². The fourth-order valence-corrected chi connectivity index (χ4v) is 3.03. The zero-order valence-corrected chi connectivity index (χ0v) is 12.7. The second kappa shape index (κ2) is 5.42. The first-order valence-electron chi connectivity index (χ1n) is 7.58. The zero-order chi connectivity index (χ0) is 16.7. The van der Waals surface area contributed by atoms with Crippen LogP contribution < -0.4 is 5.56 Å². The number of non-ortho nitro benzene ring substituents is 1. The summed E-state index contributed by atoms with van der Waals surface area (Å²) in [6, 6.07) is 13.7. The van der Waals surface area contributed by atoms with Crippen molar-refractivity contribution in [2.45, 2.75) is 13.0 Å². The molecule has 0 spiro atoms. The van der Waals surface area contributed by atoms with Crippen LogP contribution in [0, 0.1) is 10.1 Å². The van der Waals surface area contributed by atoms with Gasteiger partial charge in [-0.3, -0.25) is 19.5 Å². The summed E-state index contributed by atoms with van der Waals surface area (Å²) < 4.78 is 1.67. The van der Waals surface area contributed by atoms with E-state index in [0.717, 1.165) is 11.1 Å². The van der Waals surface area contributed by atoms with Gasteiger partial charge in [-0.15, -0.1) is 0 Å². The molecule has 2 aromatic carbocycles. The second-order valence-electron chi connectivity index (χ2n) is 5.68. The Kier molecular flexibility index (Phi) is 3.23. The number of benzene rings is 2. The Balaban J connectivity index is 1.86. The second-order valence-corrected chi connectivity index (χ2v) is 5.68. The lowest BCUT2D eigenvalue weighted by Crippen LogP contribution is -2.20. The molecule has 3 aromatic rings. The topological polar surface area (TPSA) is 78.0 Å². The van der Waals surface area contributed by atoms with Crippen molar-refractivity contribution >= 4 is 28.2 Å². The van der Waals surface area contributed by atoms with E-state index in [1.54, 1.807) is 16.7 Å². The largest absolute Gasteiger partial charge is 0.292 e. The van der Waals surface area contributed by atoms with Gasteiger partial charge in [-0.1, -0.05) is 24.3 Å². The highest BCUT2D eigenvalue weighted by Gasteiger charge is 2.20. The van der Waals surface area contributed by atoms with Gasteiger partial charge in [0, 0.05) is 18.7 Å². The van der Waals surface area contributed by atoms with Crippen LogP contribution in [0.25, 0.3) is 22.6 Å². The minimum atomic E-state index is -0.416. The average Bonchev–Trinajstić information content (AvgIpc) is 2.98. The van der Waals surface area contributed by atoms with E-state index in [9.17, 15) is 14.9 Å². The van der Waals surface area contributed by atoms with Crippen molar-refractivity contribution in [3.05, 3.63) is 80.4 Å². The molecule has 0 radical (unpaired) electrons. The maximum Gasteiger partial charge on any atom is 0.270 e. The Hall–Kier alpha value is -3.28. The Morgan fingerprint density at radius 2 is 2.00 bits per heavy atom. The highest BCUT2D eigenvalue weighted by atomic mass is 16.6. The molecule has 0 aliphatic carbocycles. The summed E-state index contributed by atoms with van der Waals surface area (Å²) >= 11 is 0. The van der Waals surface area contributed by atoms with Gasteiger partial charge in [0.1, 0.15) is 5.82 Å². The summed E-state index contributed by atoms with van der Waals surface area (Å²) in [4.78, 5) is 27.7. The Morgan fingerprint density at radius 3 is 2.83 bits per heavy atom.